The Morgan fingerprint density at radius 3 is 2.50 bits per heavy atom. The van der Waals surface area contributed by atoms with Gasteiger partial charge in [-0.3, -0.25) is 4.79 Å². The van der Waals surface area contributed by atoms with Gasteiger partial charge >= 0.3 is 0 Å². The van der Waals surface area contributed by atoms with Crippen molar-refractivity contribution in [2.75, 3.05) is 11.1 Å². The van der Waals surface area contributed by atoms with Crippen LogP contribution in [0.3, 0.4) is 0 Å². The first-order chi connectivity index (χ1) is 12.4. The fourth-order valence-corrected chi connectivity index (χ4v) is 2.56. The molecule has 1 amide bonds. The molecular weight excluding hydrogens is 328 g/mol. The number of aliphatic hydroxyl groups is 1. The van der Waals surface area contributed by atoms with Crippen LogP contribution in [-0.4, -0.2) is 26.6 Å². The van der Waals surface area contributed by atoms with Crippen molar-refractivity contribution in [1.82, 2.24) is 9.97 Å². The molecule has 3 rings (SSSR count). The lowest BCUT2D eigenvalue weighted by Crippen LogP contribution is -2.42. The van der Waals surface area contributed by atoms with E-state index in [-0.39, 0.29) is 6.42 Å². The maximum absolute atomic E-state index is 12.5. The Kier molecular flexibility index (Phi) is 4.95. The number of carbonyl (C=O) groups is 1. The topological polar surface area (TPSA) is 101 Å². The zero-order chi connectivity index (χ0) is 18.6. The van der Waals surface area contributed by atoms with Gasteiger partial charge in [0.1, 0.15) is 17.7 Å². The first-order valence-electron chi connectivity index (χ1n) is 8.20. The van der Waals surface area contributed by atoms with Crippen LogP contribution >= 0.6 is 0 Å². The lowest BCUT2D eigenvalue weighted by atomic mass is 9.95. The Bertz CT molecular complexity index is 893. The third-order valence-corrected chi connectivity index (χ3v) is 4.00. The number of nitrogens with zero attached hydrogens (tertiary/aromatic N) is 2. The molecule has 1 heterocycles. The van der Waals surface area contributed by atoms with Gasteiger partial charge in [0.25, 0.3) is 5.91 Å². The standard InChI is InChI=1S/C20H20N4O2/c1-20(26,12-14-5-3-2-4-6-14)19(25)24-18-11-17(22-13-23-18)15-7-9-16(21)10-8-15/h2-11,13,26H,12,21H2,1H3,(H,22,23,24,25). The molecule has 1 aromatic heterocycles. The number of carbonyl (C=O) groups excluding carboxylic acids is 1. The molecule has 1 atom stereocenters. The van der Waals surface area contributed by atoms with Crippen molar-refractivity contribution < 1.29 is 9.90 Å². The van der Waals surface area contributed by atoms with Crippen molar-refractivity contribution in [2.24, 2.45) is 0 Å². The summed E-state index contributed by atoms with van der Waals surface area (Å²) in [6, 6.07) is 18.3. The fraction of sp³-hybridized carbons (Fsp3) is 0.150. The first-order valence-corrected chi connectivity index (χ1v) is 8.20. The summed E-state index contributed by atoms with van der Waals surface area (Å²) in [5.41, 5.74) is 7.17. The Balaban J connectivity index is 1.74. The number of hydrogen-bond acceptors (Lipinski definition) is 5. The maximum Gasteiger partial charge on any atom is 0.257 e. The quantitative estimate of drug-likeness (QED) is 0.615. The van der Waals surface area contributed by atoms with Crippen molar-refractivity contribution in [3.8, 4) is 11.3 Å². The minimum Gasteiger partial charge on any atom is -0.399 e. The van der Waals surface area contributed by atoms with Crippen LogP contribution in [0.5, 0.6) is 0 Å². The van der Waals surface area contributed by atoms with Crippen molar-refractivity contribution in [1.29, 1.82) is 0 Å². The highest BCUT2D eigenvalue weighted by atomic mass is 16.3. The maximum atomic E-state index is 12.5. The molecule has 0 saturated heterocycles. The zero-order valence-corrected chi connectivity index (χ0v) is 14.4. The van der Waals surface area contributed by atoms with E-state index in [2.05, 4.69) is 15.3 Å². The van der Waals surface area contributed by atoms with E-state index in [0.717, 1.165) is 11.1 Å². The van der Waals surface area contributed by atoms with Crippen LogP contribution in [-0.2, 0) is 11.2 Å². The van der Waals surface area contributed by atoms with E-state index < -0.39 is 11.5 Å². The molecule has 0 spiro atoms. The first kappa shape index (κ1) is 17.6. The van der Waals surface area contributed by atoms with Crippen LogP contribution in [0.15, 0.2) is 67.0 Å². The number of nitrogens with one attached hydrogen (secondary N) is 1. The molecule has 0 aliphatic carbocycles. The lowest BCUT2D eigenvalue weighted by Gasteiger charge is -2.22. The Morgan fingerprint density at radius 1 is 1.12 bits per heavy atom. The van der Waals surface area contributed by atoms with Crippen molar-refractivity contribution in [3.63, 3.8) is 0 Å². The number of benzene rings is 2. The summed E-state index contributed by atoms with van der Waals surface area (Å²) in [7, 11) is 0. The van der Waals surface area contributed by atoms with Crippen LogP contribution in [0.2, 0.25) is 0 Å². The van der Waals surface area contributed by atoms with Crippen LogP contribution in [0, 0.1) is 0 Å². The number of rotatable bonds is 5. The summed E-state index contributed by atoms with van der Waals surface area (Å²) in [4.78, 5) is 20.8. The number of hydrogen-bond donors (Lipinski definition) is 3. The van der Waals surface area contributed by atoms with E-state index in [1.807, 2.05) is 42.5 Å². The summed E-state index contributed by atoms with van der Waals surface area (Å²) in [6.45, 7) is 1.48. The van der Waals surface area contributed by atoms with Crippen molar-refractivity contribution in [2.45, 2.75) is 18.9 Å². The van der Waals surface area contributed by atoms with Crippen LogP contribution < -0.4 is 11.1 Å². The molecule has 3 aromatic rings. The second-order valence-corrected chi connectivity index (χ2v) is 6.30. The molecule has 0 radical (unpaired) electrons. The minimum absolute atomic E-state index is 0.204. The molecule has 0 fully saturated rings. The summed E-state index contributed by atoms with van der Waals surface area (Å²) in [5, 5.41) is 13.2. The molecule has 6 heteroatoms. The number of anilines is 2. The molecule has 1 unspecified atom stereocenters. The Morgan fingerprint density at radius 2 is 1.81 bits per heavy atom. The van der Waals surface area contributed by atoms with Crippen LogP contribution in [0.4, 0.5) is 11.5 Å². The molecule has 6 nitrogen and oxygen atoms in total. The minimum atomic E-state index is -1.56. The van der Waals surface area contributed by atoms with Gasteiger partial charge in [-0.1, -0.05) is 42.5 Å². The molecule has 0 saturated carbocycles. The van der Waals surface area contributed by atoms with Crippen molar-refractivity contribution >= 4 is 17.4 Å². The molecule has 0 aliphatic heterocycles. The molecule has 0 bridgehead atoms. The zero-order valence-electron chi connectivity index (χ0n) is 14.4. The SMILES string of the molecule is CC(O)(Cc1ccccc1)C(=O)Nc1cc(-c2ccc(N)cc2)ncn1. The highest BCUT2D eigenvalue weighted by Crippen LogP contribution is 2.21. The normalized spacial score (nSPS) is 13.0. The second-order valence-electron chi connectivity index (χ2n) is 6.30. The molecule has 2 aromatic carbocycles. The van der Waals surface area contributed by atoms with Crippen molar-refractivity contribution in [3.05, 3.63) is 72.6 Å². The van der Waals surface area contributed by atoms with Gasteiger partial charge in [0, 0.05) is 23.7 Å². The van der Waals surface area contributed by atoms with Crippen LogP contribution in [0.1, 0.15) is 12.5 Å². The monoisotopic (exact) mass is 348 g/mol. The molecule has 0 aliphatic rings. The number of nitrogen functional groups attached to an aromatic ring is 1. The lowest BCUT2D eigenvalue weighted by molar-refractivity contribution is -0.132. The smallest absolute Gasteiger partial charge is 0.257 e. The summed E-state index contributed by atoms with van der Waals surface area (Å²) >= 11 is 0. The van der Waals surface area contributed by atoms with Crippen LogP contribution in [0.25, 0.3) is 11.3 Å². The molecule has 132 valence electrons. The van der Waals surface area contributed by atoms with Gasteiger partial charge in [-0.25, -0.2) is 9.97 Å². The predicted molar refractivity (Wildman–Crippen MR) is 101 cm³/mol. The molecule has 26 heavy (non-hydrogen) atoms. The largest absolute Gasteiger partial charge is 0.399 e. The average Bonchev–Trinajstić information content (AvgIpc) is 2.63. The third kappa shape index (κ3) is 4.23. The van der Waals surface area contributed by atoms with E-state index in [1.54, 1.807) is 18.2 Å². The molecular formula is C20H20N4O2. The van der Waals surface area contributed by atoms with Gasteiger partial charge in [0.15, 0.2) is 0 Å². The van der Waals surface area contributed by atoms with E-state index >= 15 is 0 Å². The molecule has 4 N–H and O–H groups in total. The Labute approximate surface area is 151 Å². The highest BCUT2D eigenvalue weighted by molar-refractivity contribution is 5.96. The highest BCUT2D eigenvalue weighted by Gasteiger charge is 2.30. The van der Waals surface area contributed by atoms with Gasteiger partial charge in [-0.05, 0) is 24.6 Å². The summed E-state index contributed by atoms with van der Waals surface area (Å²) in [6.07, 6.45) is 1.57. The van der Waals surface area contributed by atoms with E-state index in [4.69, 9.17) is 5.73 Å². The van der Waals surface area contributed by atoms with Gasteiger partial charge in [-0.15, -0.1) is 0 Å². The predicted octanol–water partition coefficient (Wildman–Crippen LogP) is 2.66. The number of amides is 1. The Hall–Kier alpha value is -3.25. The summed E-state index contributed by atoms with van der Waals surface area (Å²) in [5.74, 6) is -0.200. The van der Waals surface area contributed by atoms with E-state index in [9.17, 15) is 9.90 Å². The average molecular weight is 348 g/mol. The number of nitrogens with two attached hydrogens (primary N) is 1. The van der Waals surface area contributed by atoms with E-state index in [0.29, 0.717) is 17.2 Å². The summed E-state index contributed by atoms with van der Waals surface area (Å²) < 4.78 is 0. The van der Waals surface area contributed by atoms with Gasteiger partial charge in [0.05, 0.1) is 5.69 Å². The third-order valence-electron chi connectivity index (χ3n) is 4.00. The second kappa shape index (κ2) is 7.33. The van der Waals surface area contributed by atoms with Gasteiger partial charge in [0.2, 0.25) is 0 Å². The number of aromatic nitrogens is 2. The van der Waals surface area contributed by atoms with Gasteiger partial charge < -0.3 is 16.2 Å². The van der Waals surface area contributed by atoms with Gasteiger partial charge in [-0.2, -0.15) is 0 Å². The van der Waals surface area contributed by atoms with E-state index in [1.165, 1.54) is 13.3 Å². The fourth-order valence-electron chi connectivity index (χ4n) is 2.56.